The second-order valence-electron chi connectivity index (χ2n) is 10.3. The second kappa shape index (κ2) is 10.7. The fraction of sp³-hybridized carbons (Fsp3) is 0.360. The summed E-state index contributed by atoms with van der Waals surface area (Å²) in [4.78, 5) is 9.99. The highest BCUT2D eigenvalue weighted by atomic mass is 32.2. The van der Waals surface area contributed by atoms with Crippen LogP contribution in [-0.2, 0) is 0 Å². The van der Waals surface area contributed by atoms with Crippen LogP contribution in [0.3, 0.4) is 0 Å². The number of aromatic nitrogens is 5. The molecule has 1 saturated carbocycles. The van der Waals surface area contributed by atoms with Crippen LogP contribution in [0.5, 0.6) is 0 Å². The SMILES string of the molecule is [B]C1([B])C([C@@H](CC#N)n2cc(-c3ncnc4c3ccn4SC(/C=C\C(=C)C)=C/C)cn2)C([B])([B])C([B])([B])C1([B])[B]. The average molecular weight is 523 g/mol. The van der Waals surface area contributed by atoms with E-state index >= 15 is 0 Å². The Labute approximate surface area is 250 Å². The highest BCUT2D eigenvalue weighted by Gasteiger charge is 2.65. The molecule has 15 heteroatoms. The van der Waals surface area contributed by atoms with Gasteiger partial charge in [0.15, 0.2) is 5.65 Å². The van der Waals surface area contributed by atoms with Crippen molar-refractivity contribution in [3.8, 4) is 17.3 Å². The maximum absolute atomic E-state index is 9.67. The molecule has 0 bridgehead atoms. The molecule has 0 amide bonds. The van der Waals surface area contributed by atoms with Crippen LogP contribution in [0, 0.1) is 17.2 Å². The van der Waals surface area contributed by atoms with Gasteiger partial charge < -0.3 is 0 Å². The van der Waals surface area contributed by atoms with Gasteiger partial charge in [-0.25, -0.2) is 9.97 Å². The molecule has 3 aromatic rings. The maximum Gasteiger partial charge on any atom is 0.154 e. The second-order valence-corrected chi connectivity index (χ2v) is 11.3. The van der Waals surface area contributed by atoms with Crippen molar-refractivity contribution >= 4 is 85.8 Å². The van der Waals surface area contributed by atoms with Gasteiger partial charge in [0.1, 0.15) is 6.33 Å². The van der Waals surface area contributed by atoms with E-state index in [0.717, 1.165) is 15.9 Å². The Balaban J connectivity index is 1.74. The third-order valence-corrected chi connectivity index (χ3v) is 8.59. The summed E-state index contributed by atoms with van der Waals surface area (Å²) in [6, 6.07) is 3.14. The number of nitriles is 1. The first-order chi connectivity index (χ1) is 18.6. The largest absolute Gasteiger partial charge is 0.271 e. The molecule has 1 fully saturated rings. The molecule has 0 aliphatic heterocycles. The molecule has 0 spiro atoms. The van der Waals surface area contributed by atoms with E-state index in [9.17, 15) is 5.26 Å². The first-order valence-corrected chi connectivity index (χ1v) is 13.1. The number of fused-ring (bicyclic) bond motifs is 1. The van der Waals surface area contributed by atoms with Crippen molar-refractivity contribution in [2.75, 3.05) is 0 Å². The Kier molecular flexibility index (Phi) is 8.10. The molecule has 0 unspecified atom stereocenters. The first-order valence-electron chi connectivity index (χ1n) is 12.3. The van der Waals surface area contributed by atoms with Crippen LogP contribution in [-0.4, -0.2) is 86.5 Å². The summed E-state index contributed by atoms with van der Waals surface area (Å²) >= 11 is 1.50. The van der Waals surface area contributed by atoms with Crippen molar-refractivity contribution < 1.29 is 0 Å². The minimum Gasteiger partial charge on any atom is -0.271 e. The number of allylic oxidation sites excluding steroid dienone is 4. The number of hydrogen-bond acceptors (Lipinski definition) is 5. The van der Waals surface area contributed by atoms with Gasteiger partial charge >= 0.3 is 0 Å². The van der Waals surface area contributed by atoms with Gasteiger partial charge in [-0.3, -0.25) is 8.65 Å². The van der Waals surface area contributed by atoms with E-state index in [2.05, 4.69) is 27.7 Å². The van der Waals surface area contributed by atoms with Crippen LogP contribution in [0.2, 0.25) is 20.9 Å². The van der Waals surface area contributed by atoms with Crippen molar-refractivity contribution in [3.05, 3.63) is 66.3 Å². The van der Waals surface area contributed by atoms with Crippen LogP contribution in [0.25, 0.3) is 22.3 Å². The minimum atomic E-state index is -2.08. The van der Waals surface area contributed by atoms with Crippen molar-refractivity contribution in [2.24, 2.45) is 5.92 Å². The topological polar surface area (TPSA) is 72.3 Å². The lowest BCUT2D eigenvalue weighted by Crippen LogP contribution is -2.39. The highest BCUT2D eigenvalue weighted by molar-refractivity contribution is 8.02. The zero-order valence-electron chi connectivity index (χ0n) is 22.4. The monoisotopic (exact) mass is 524 g/mol. The minimum absolute atomic E-state index is 0.139. The molecule has 4 rings (SSSR count). The van der Waals surface area contributed by atoms with Crippen LogP contribution in [0.15, 0.2) is 66.3 Å². The lowest BCUT2D eigenvalue weighted by atomic mass is 9.17. The molecule has 1 aliphatic carbocycles. The van der Waals surface area contributed by atoms with Gasteiger partial charge in [0.05, 0.1) is 93.2 Å². The number of nitrogens with zero attached hydrogens (tertiary/aromatic N) is 6. The van der Waals surface area contributed by atoms with Gasteiger partial charge in [0.2, 0.25) is 0 Å². The predicted molar refractivity (Wildman–Crippen MR) is 169 cm³/mol. The van der Waals surface area contributed by atoms with Gasteiger partial charge in [0, 0.05) is 28.2 Å². The molecule has 0 aromatic carbocycles. The van der Waals surface area contributed by atoms with Crippen LogP contribution >= 0.6 is 11.9 Å². The van der Waals surface area contributed by atoms with Crippen LogP contribution in [0.1, 0.15) is 26.3 Å². The summed E-state index contributed by atoms with van der Waals surface area (Å²) < 4.78 is 3.43. The lowest BCUT2D eigenvalue weighted by Gasteiger charge is -2.51. The Bertz CT molecular complexity index is 1520. The third-order valence-electron chi connectivity index (χ3n) is 7.52. The van der Waals surface area contributed by atoms with E-state index in [4.69, 9.17) is 62.8 Å². The molecule has 16 radical (unpaired) electrons. The molecule has 6 nitrogen and oxygen atoms in total. The molecule has 1 atom stereocenters. The zero-order chi connectivity index (χ0) is 29.7. The summed E-state index contributed by atoms with van der Waals surface area (Å²) in [7, 11) is 50.6. The van der Waals surface area contributed by atoms with Crippen molar-refractivity contribution in [3.63, 3.8) is 0 Å². The van der Waals surface area contributed by atoms with Crippen molar-refractivity contribution in [1.29, 1.82) is 5.26 Å². The highest BCUT2D eigenvalue weighted by Crippen LogP contribution is 2.80. The maximum atomic E-state index is 9.67. The third kappa shape index (κ3) is 4.70. The Morgan fingerprint density at radius 3 is 2.35 bits per heavy atom. The van der Waals surface area contributed by atoms with Gasteiger partial charge in [-0.15, -0.1) is 20.9 Å². The van der Waals surface area contributed by atoms with Crippen molar-refractivity contribution in [1.82, 2.24) is 23.7 Å². The molecule has 180 valence electrons. The van der Waals surface area contributed by atoms with E-state index < -0.39 is 32.8 Å². The fourth-order valence-electron chi connectivity index (χ4n) is 5.11. The number of rotatable bonds is 8. The van der Waals surface area contributed by atoms with Crippen molar-refractivity contribution in [2.45, 2.75) is 47.2 Å². The molecular formula is C25H20B8N6S. The van der Waals surface area contributed by atoms with Gasteiger partial charge in [-0.2, -0.15) is 10.4 Å². The van der Waals surface area contributed by atoms with Crippen LogP contribution in [0.4, 0.5) is 0 Å². The van der Waals surface area contributed by atoms with E-state index in [0.29, 0.717) is 16.9 Å². The molecular weight excluding hydrogens is 503 g/mol. The molecule has 1 aliphatic rings. The average Bonchev–Trinajstić information content (AvgIpc) is 3.54. The summed E-state index contributed by atoms with van der Waals surface area (Å²) in [5.74, 6) is -1.15. The first kappa shape index (κ1) is 30.4. The standard InChI is InChI=1S/C25H20B8N6S/c1-4-16(6-5-14(2)3)40-39-10-8-17-19(35-13-36-21(17)39)15-11-37-38(12-15)18(7-9-34)20-22(26,27)24(30,31)25(32,33)23(20,28)29/h4-6,8,10-13,18,20H,2,7H2,1,3H3/b6-5-,16-4+/t18-/m1/s1. The molecule has 0 N–H and O–H groups in total. The Morgan fingerprint density at radius 1 is 1.12 bits per heavy atom. The molecule has 3 aromatic heterocycles. The summed E-state index contributed by atoms with van der Waals surface area (Å²) in [5, 5.41) is 6.85. The molecule has 0 saturated heterocycles. The summed E-state index contributed by atoms with van der Waals surface area (Å²) in [5.41, 5.74) is 2.91. The smallest absolute Gasteiger partial charge is 0.154 e. The van der Waals surface area contributed by atoms with E-state index in [1.165, 1.54) is 23.0 Å². The van der Waals surface area contributed by atoms with E-state index in [-0.39, 0.29) is 6.42 Å². The van der Waals surface area contributed by atoms with E-state index in [1.54, 1.807) is 12.4 Å². The zero-order valence-corrected chi connectivity index (χ0v) is 23.2. The molecule has 3 heterocycles. The Morgan fingerprint density at radius 2 is 1.77 bits per heavy atom. The lowest BCUT2D eigenvalue weighted by molar-refractivity contribution is 0.284. The number of hydrogen-bond donors (Lipinski definition) is 0. The van der Waals surface area contributed by atoms with Gasteiger partial charge in [-0.05, 0) is 43.9 Å². The predicted octanol–water partition coefficient (Wildman–Crippen LogP) is 2.72. The van der Waals surface area contributed by atoms with E-state index in [1.807, 2.05) is 48.3 Å². The summed E-state index contributed by atoms with van der Waals surface area (Å²) in [6.45, 7) is 7.80. The van der Waals surface area contributed by atoms with Crippen LogP contribution < -0.4 is 0 Å². The Hall–Kier alpha value is -2.59. The van der Waals surface area contributed by atoms with Gasteiger partial charge in [-0.1, -0.05) is 24.3 Å². The normalized spacial score (nSPS) is 20.5. The quantitative estimate of drug-likeness (QED) is 0.336. The van der Waals surface area contributed by atoms with Gasteiger partial charge in [0.25, 0.3) is 0 Å². The fourth-order valence-corrected chi connectivity index (χ4v) is 5.93. The molecule has 40 heavy (non-hydrogen) atoms. The summed E-state index contributed by atoms with van der Waals surface area (Å²) in [6.07, 6.45) is 12.5.